The lowest BCUT2D eigenvalue weighted by Gasteiger charge is -2.08. The van der Waals surface area contributed by atoms with E-state index < -0.39 is 0 Å². The summed E-state index contributed by atoms with van der Waals surface area (Å²) in [6.07, 6.45) is 4.22. The van der Waals surface area contributed by atoms with Crippen LogP contribution in [0, 0.1) is 0 Å². The first-order valence-corrected chi connectivity index (χ1v) is 4.71. The van der Waals surface area contributed by atoms with Crippen molar-refractivity contribution in [3.05, 3.63) is 36.4 Å². The number of nitrogens with one attached hydrogen (secondary N) is 1. The zero-order chi connectivity index (χ0) is 8.49. The van der Waals surface area contributed by atoms with Crippen molar-refractivity contribution >= 4 is 0 Å². The van der Waals surface area contributed by atoms with Crippen LogP contribution in [0.3, 0.4) is 0 Å². The van der Waals surface area contributed by atoms with E-state index in [0.29, 0.717) is 0 Å². The van der Waals surface area contributed by atoms with Gasteiger partial charge in [0, 0.05) is 0 Å². The molecule has 1 aromatic rings. The number of hydrogen-bond acceptors (Lipinski definition) is 1. The van der Waals surface area contributed by atoms with Crippen LogP contribution in [0.5, 0.6) is 0 Å². The molecule has 0 unspecified atom stereocenters. The summed E-state index contributed by atoms with van der Waals surface area (Å²) in [6.45, 7) is 2.50. The summed E-state index contributed by atoms with van der Waals surface area (Å²) in [5.41, 5.74) is 0. The van der Waals surface area contributed by atoms with Crippen molar-refractivity contribution in [2.24, 2.45) is 0 Å². The standard InChI is InChI=1S/C6H6.C5H11N/c2*1-2-4-6-5-3-1/h1-6H;6H,1-5H2. The molecule has 2 rings (SSSR count). The lowest BCUT2D eigenvalue weighted by Crippen LogP contribution is -2.21. The highest BCUT2D eigenvalue weighted by Crippen LogP contribution is 1.96. The molecule has 66 valence electrons. The summed E-state index contributed by atoms with van der Waals surface area (Å²) < 4.78 is 0. The number of hydrogen-bond donors (Lipinski definition) is 1. The summed E-state index contributed by atoms with van der Waals surface area (Å²) in [5, 5.41) is 3.28. The van der Waals surface area contributed by atoms with Gasteiger partial charge in [-0.15, -0.1) is 0 Å². The minimum absolute atomic E-state index is 1.25. The molecule has 0 bridgehead atoms. The normalized spacial score (nSPS) is 16.0. The van der Waals surface area contributed by atoms with Crippen LogP contribution in [-0.4, -0.2) is 13.1 Å². The Labute approximate surface area is 74.8 Å². The topological polar surface area (TPSA) is 12.0 Å². The maximum absolute atomic E-state index is 3.28. The van der Waals surface area contributed by atoms with Gasteiger partial charge in [-0.1, -0.05) is 42.8 Å². The molecule has 1 heteroatoms. The van der Waals surface area contributed by atoms with Gasteiger partial charge < -0.3 is 5.32 Å². The van der Waals surface area contributed by atoms with Gasteiger partial charge in [0.15, 0.2) is 0 Å². The first-order valence-electron chi connectivity index (χ1n) is 4.71. The van der Waals surface area contributed by atoms with E-state index in [1.807, 2.05) is 36.4 Å². The average molecular weight is 163 g/mol. The van der Waals surface area contributed by atoms with Crippen molar-refractivity contribution in [3.8, 4) is 0 Å². The van der Waals surface area contributed by atoms with E-state index in [9.17, 15) is 0 Å². The largest absolute Gasteiger partial charge is 0.317 e. The Morgan fingerprint density at radius 3 is 1.17 bits per heavy atom. The minimum atomic E-state index is 1.25. The van der Waals surface area contributed by atoms with Crippen molar-refractivity contribution in [2.75, 3.05) is 13.1 Å². The van der Waals surface area contributed by atoms with E-state index in [0.717, 1.165) is 0 Å². The molecule has 0 aromatic heterocycles. The molecule has 1 aliphatic rings. The predicted molar refractivity (Wildman–Crippen MR) is 53.2 cm³/mol. The Morgan fingerprint density at radius 1 is 0.583 bits per heavy atom. The van der Waals surface area contributed by atoms with E-state index in [-0.39, 0.29) is 0 Å². The summed E-state index contributed by atoms with van der Waals surface area (Å²) in [5.74, 6) is 0. The molecule has 12 heavy (non-hydrogen) atoms. The van der Waals surface area contributed by atoms with Gasteiger partial charge in [0.1, 0.15) is 0 Å². The van der Waals surface area contributed by atoms with E-state index >= 15 is 0 Å². The number of rotatable bonds is 0. The van der Waals surface area contributed by atoms with Crippen LogP contribution in [0.25, 0.3) is 0 Å². The Kier molecular flexibility index (Phi) is 5.30. The average Bonchev–Trinajstić information content (AvgIpc) is 2.24. The van der Waals surface area contributed by atoms with E-state index in [1.165, 1.54) is 32.4 Å². The summed E-state index contributed by atoms with van der Waals surface area (Å²) >= 11 is 0. The quantitative estimate of drug-likeness (QED) is 0.619. The molecule has 1 aromatic carbocycles. The maximum Gasteiger partial charge on any atom is -0.00489 e. The fourth-order valence-electron chi connectivity index (χ4n) is 1.19. The zero-order valence-electron chi connectivity index (χ0n) is 7.50. The van der Waals surface area contributed by atoms with Crippen LogP contribution in [0.4, 0.5) is 0 Å². The lowest BCUT2D eigenvalue weighted by molar-refractivity contribution is 0.520. The van der Waals surface area contributed by atoms with Crippen LogP contribution in [0.15, 0.2) is 36.4 Å². The summed E-state index contributed by atoms with van der Waals surface area (Å²) in [6, 6.07) is 12.0. The third kappa shape index (κ3) is 4.91. The van der Waals surface area contributed by atoms with Crippen molar-refractivity contribution < 1.29 is 0 Å². The second kappa shape index (κ2) is 6.86. The lowest BCUT2D eigenvalue weighted by atomic mass is 10.2. The van der Waals surface area contributed by atoms with Gasteiger partial charge in [-0.25, -0.2) is 0 Å². The van der Waals surface area contributed by atoms with Gasteiger partial charge in [0.25, 0.3) is 0 Å². The van der Waals surface area contributed by atoms with Gasteiger partial charge >= 0.3 is 0 Å². The van der Waals surface area contributed by atoms with E-state index in [2.05, 4.69) is 5.32 Å². The predicted octanol–water partition coefficient (Wildman–Crippen LogP) is 2.45. The molecule has 0 aliphatic carbocycles. The Hall–Kier alpha value is -0.820. The molecule has 1 fully saturated rings. The van der Waals surface area contributed by atoms with Gasteiger partial charge in [-0.2, -0.15) is 0 Å². The van der Waals surface area contributed by atoms with E-state index in [1.54, 1.807) is 0 Å². The van der Waals surface area contributed by atoms with Crippen molar-refractivity contribution in [1.29, 1.82) is 0 Å². The molecule has 1 N–H and O–H groups in total. The van der Waals surface area contributed by atoms with Gasteiger partial charge in [0.2, 0.25) is 0 Å². The first-order chi connectivity index (χ1) is 6.00. The highest BCUT2D eigenvalue weighted by molar-refractivity contribution is 4.99. The second-order valence-electron chi connectivity index (χ2n) is 2.97. The van der Waals surface area contributed by atoms with Crippen LogP contribution in [-0.2, 0) is 0 Å². The second-order valence-corrected chi connectivity index (χ2v) is 2.97. The number of benzene rings is 1. The van der Waals surface area contributed by atoms with Crippen molar-refractivity contribution in [1.82, 2.24) is 5.32 Å². The van der Waals surface area contributed by atoms with Gasteiger partial charge in [0.05, 0.1) is 0 Å². The van der Waals surface area contributed by atoms with Gasteiger partial charge in [-0.3, -0.25) is 0 Å². The highest BCUT2D eigenvalue weighted by Gasteiger charge is 1.93. The molecular formula is C11H17N. The Morgan fingerprint density at radius 2 is 1.00 bits per heavy atom. The number of piperidine rings is 1. The summed E-state index contributed by atoms with van der Waals surface area (Å²) in [7, 11) is 0. The maximum atomic E-state index is 3.28. The van der Waals surface area contributed by atoms with Crippen LogP contribution in [0.1, 0.15) is 19.3 Å². The van der Waals surface area contributed by atoms with Crippen LogP contribution < -0.4 is 5.32 Å². The molecule has 0 radical (unpaired) electrons. The first kappa shape index (κ1) is 9.27. The molecule has 0 amide bonds. The van der Waals surface area contributed by atoms with Gasteiger partial charge in [-0.05, 0) is 25.9 Å². The Bertz CT molecular complexity index is 129. The smallest absolute Gasteiger partial charge is 0.00489 e. The zero-order valence-corrected chi connectivity index (χ0v) is 7.50. The molecular weight excluding hydrogens is 146 g/mol. The summed E-state index contributed by atoms with van der Waals surface area (Å²) in [4.78, 5) is 0. The third-order valence-corrected chi connectivity index (χ3v) is 1.87. The highest BCUT2D eigenvalue weighted by atomic mass is 14.9. The molecule has 1 aliphatic heterocycles. The molecule has 1 nitrogen and oxygen atoms in total. The van der Waals surface area contributed by atoms with Crippen molar-refractivity contribution in [2.45, 2.75) is 19.3 Å². The molecule has 1 heterocycles. The van der Waals surface area contributed by atoms with Crippen LogP contribution >= 0.6 is 0 Å². The Balaban J connectivity index is 0.000000120. The van der Waals surface area contributed by atoms with Crippen molar-refractivity contribution in [3.63, 3.8) is 0 Å². The minimum Gasteiger partial charge on any atom is -0.317 e. The molecule has 0 saturated carbocycles. The van der Waals surface area contributed by atoms with E-state index in [4.69, 9.17) is 0 Å². The SMILES string of the molecule is C1CCNCC1.c1ccccc1. The molecule has 1 saturated heterocycles. The fourth-order valence-corrected chi connectivity index (χ4v) is 1.19. The van der Waals surface area contributed by atoms with Crippen LogP contribution in [0.2, 0.25) is 0 Å². The third-order valence-electron chi connectivity index (χ3n) is 1.87. The fraction of sp³-hybridized carbons (Fsp3) is 0.455. The molecule has 0 atom stereocenters. The monoisotopic (exact) mass is 163 g/mol. The molecule has 0 spiro atoms.